The number of rotatable bonds is 5. The highest BCUT2D eigenvalue weighted by Crippen LogP contribution is 2.31. The smallest absolute Gasteiger partial charge is 0.366 e. The van der Waals surface area contributed by atoms with Crippen LogP contribution in [0.2, 0.25) is 0 Å². The molecule has 0 unspecified atom stereocenters. The van der Waals surface area contributed by atoms with Crippen molar-refractivity contribution < 1.29 is 13.2 Å². The zero-order chi connectivity index (χ0) is 18.6. The van der Waals surface area contributed by atoms with Crippen molar-refractivity contribution in [2.75, 3.05) is 10.6 Å². The second kappa shape index (κ2) is 7.43. The molecule has 0 aliphatic rings. The average Bonchev–Trinajstić information content (AvgIpc) is 2.61. The highest BCUT2D eigenvalue weighted by atomic mass is 19.4. The molecule has 0 spiro atoms. The molecule has 134 valence electrons. The minimum absolute atomic E-state index is 0.308. The lowest BCUT2D eigenvalue weighted by Crippen LogP contribution is -2.06. The molecule has 2 N–H and O–H groups in total. The maximum atomic E-state index is 12.8. The Hall–Kier alpha value is -3.09. The molecule has 26 heavy (non-hydrogen) atoms. The van der Waals surface area contributed by atoms with E-state index in [1.54, 1.807) is 12.1 Å². The number of alkyl halides is 3. The van der Waals surface area contributed by atoms with E-state index >= 15 is 0 Å². The van der Waals surface area contributed by atoms with Crippen molar-refractivity contribution >= 4 is 17.3 Å². The van der Waals surface area contributed by atoms with Gasteiger partial charge in [-0.05, 0) is 30.7 Å². The van der Waals surface area contributed by atoms with E-state index in [0.717, 1.165) is 17.7 Å². The molecule has 1 heterocycles. The Kier molecular flexibility index (Phi) is 5.06. The Bertz CT molecular complexity index is 876. The predicted octanol–water partition coefficient (Wildman–Crippen LogP) is 5.16. The Morgan fingerprint density at radius 2 is 1.65 bits per heavy atom. The van der Waals surface area contributed by atoms with Gasteiger partial charge in [0.05, 0.1) is 5.56 Å². The SMILES string of the molecule is Cc1ccc(CNc2cc(Nc3cccc(C(F)(F)F)c3)ncn2)cc1. The summed E-state index contributed by atoms with van der Waals surface area (Å²) >= 11 is 0. The van der Waals surface area contributed by atoms with Crippen molar-refractivity contribution in [3.63, 3.8) is 0 Å². The third-order valence-corrected chi connectivity index (χ3v) is 3.72. The van der Waals surface area contributed by atoms with E-state index in [0.29, 0.717) is 23.9 Å². The molecular weight excluding hydrogens is 341 g/mol. The molecule has 3 aromatic rings. The summed E-state index contributed by atoms with van der Waals surface area (Å²) in [5.41, 5.74) is 1.88. The van der Waals surface area contributed by atoms with Gasteiger partial charge in [-0.15, -0.1) is 0 Å². The van der Waals surface area contributed by atoms with Crippen molar-refractivity contribution in [1.82, 2.24) is 9.97 Å². The lowest BCUT2D eigenvalue weighted by atomic mass is 10.1. The molecule has 0 fully saturated rings. The molecule has 3 rings (SSSR count). The first kappa shape index (κ1) is 17.7. The third kappa shape index (κ3) is 4.72. The average molecular weight is 358 g/mol. The van der Waals surface area contributed by atoms with Crippen molar-refractivity contribution in [2.45, 2.75) is 19.6 Å². The number of aryl methyl sites for hydroxylation is 1. The van der Waals surface area contributed by atoms with Crippen LogP contribution in [-0.4, -0.2) is 9.97 Å². The van der Waals surface area contributed by atoms with Crippen molar-refractivity contribution in [2.24, 2.45) is 0 Å². The van der Waals surface area contributed by atoms with Crippen LogP contribution in [0.5, 0.6) is 0 Å². The van der Waals surface area contributed by atoms with Gasteiger partial charge in [-0.2, -0.15) is 13.2 Å². The van der Waals surface area contributed by atoms with Gasteiger partial charge in [0.1, 0.15) is 18.0 Å². The van der Waals surface area contributed by atoms with Crippen LogP contribution < -0.4 is 10.6 Å². The van der Waals surface area contributed by atoms with E-state index in [9.17, 15) is 13.2 Å². The Labute approximate surface area is 149 Å². The molecule has 4 nitrogen and oxygen atoms in total. The molecular formula is C19H17F3N4. The van der Waals surface area contributed by atoms with Crippen LogP contribution in [0, 0.1) is 6.92 Å². The maximum Gasteiger partial charge on any atom is 0.416 e. The van der Waals surface area contributed by atoms with Crippen molar-refractivity contribution in [3.8, 4) is 0 Å². The summed E-state index contributed by atoms with van der Waals surface area (Å²) in [6.45, 7) is 2.60. The molecule has 0 saturated carbocycles. The number of halogens is 3. The van der Waals surface area contributed by atoms with Crippen molar-refractivity contribution in [1.29, 1.82) is 0 Å². The molecule has 7 heteroatoms. The number of hydrogen-bond acceptors (Lipinski definition) is 4. The van der Waals surface area contributed by atoms with Gasteiger partial charge in [-0.25, -0.2) is 9.97 Å². The van der Waals surface area contributed by atoms with Crippen molar-refractivity contribution in [3.05, 3.63) is 77.6 Å². The Morgan fingerprint density at radius 3 is 2.38 bits per heavy atom. The fourth-order valence-corrected chi connectivity index (χ4v) is 2.34. The van der Waals surface area contributed by atoms with E-state index in [2.05, 4.69) is 20.6 Å². The minimum atomic E-state index is -4.38. The summed E-state index contributed by atoms with van der Waals surface area (Å²) in [5, 5.41) is 6.04. The van der Waals surface area contributed by atoms with Crippen LogP contribution in [0.15, 0.2) is 60.9 Å². The Balaban J connectivity index is 1.68. The molecule has 0 amide bonds. The summed E-state index contributed by atoms with van der Waals surface area (Å²) in [7, 11) is 0. The molecule has 0 radical (unpaired) electrons. The van der Waals surface area contributed by atoms with Crippen LogP contribution >= 0.6 is 0 Å². The molecule has 1 aromatic heterocycles. The zero-order valence-electron chi connectivity index (χ0n) is 14.0. The number of anilines is 3. The quantitative estimate of drug-likeness (QED) is 0.661. The molecule has 0 saturated heterocycles. The number of hydrogen-bond donors (Lipinski definition) is 2. The van der Waals surface area contributed by atoms with Gasteiger partial charge in [0.25, 0.3) is 0 Å². The monoisotopic (exact) mass is 358 g/mol. The van der Waals surface area contributed by atoms with Crippen LogP contribution in [0.1, 0.15) is 16.7 Å². The van der Waals surface area contributed by atoms with Crippen LogP contribution in [0.3, 0.4) is 0 Å². The second-order valence-electron chi connectivity index (χ2n) is 5.83. The number of nitrogens with zero attached hydrogens (tertiary/aromatic N) is 2. The first-order valence-electron chi connectivity index (χ1n) is 7.96. The highest BCUT2D eigenvalue weighted by Gasteiger charge is 2.30. The second-order valence-corrected chi connectivity index (χ2v) is 5.83. The lowest BCUT2D eigenvalue weighted by molar-refractivity contribution is -0.137. The van der Waals surface area contributed by atoms with E-state index < -0.39 is 11.7 Å². The van der Waals surface area contributed by atoms with Gasteiger partial charge >= 0.3 is 6.18 Å². The van der Waals surface area contributed by atoms with Gasteiger partial charge in [0.15, 0.2) is 0 Å². The van der Waals surface area contributed by atoms with Gasteiger partial charge < -0.3 is 10.6 Å². The minimum Gasteiger partial charge on any atom is -0.366 e. The fourth-order valence-electron chi connectivity index (χ4n) is 2.34. The van der Waals surface area contributed by atoms with Gasteiger partial charge in [0.2, 0.25) is 0 Å². The van der Waals surface area contributed by atoms with E-state index in [4.69, 9.17) is 0 Å². The predicted molar refractivity (Wildman–Crippen MR) is 95.3 cm³/mol. The van der Waals surface area contributed by atoms with Crippen LogP contribution in [0.25, 0.3) is 0 Å². The summed E-state index contributed by atoms with van der Waals surface area (Å²) in [6.07, 6.45) is -3.03. The third-order valence-electron chi connectivity index (χ3n) is 3.72. The summed E-state index contributed by atoms with van der Waals surface area (Å²) in [4.78, 5) is 8.18. The first-order valence-corrected chi connectivity index (χ1v) is 7.96. The fraction of sp³-hybridized carbons (Fsp3) is 0.158. The van der Waals surface area contributed by atoms with Crippen LogP contribution in [-0.2, 0) is 12.7 Å². The standard InChI is InChI=1S/C19H17F3N4/c1-13-5-7-14(8-6-13)11-23-17-10-18(25-12-24-17)26-16-4-2-3-15(9-16)19(20,21)22/h2-10,12H,11H2,1H3,(H2,23,24,25,26). The summed E-state index contributed by atoms with van der Waals surface area (Å²) in [5.74, 6) is 0.987. The molecule has 0 bridgehead atoms. The zero-order valence-corrected chi connectivity index (χ0v) is 14.0. The number of aromatic nitrogens is 2. The van der Waals surface area contributed by atoms with Gasteiger partial charge in [-0.3, -0.25) is 0 Å². The molecule has 0 aliphatic carbocycles. The summed E-state index contributed by atoms with van der Waals surface area (Å²) < 4.78 is 38.4. The lowest BCUT2D eigenvalue weighted by Gasteiger charge is -2.11. The maximum absolute atomic E-state index is 12.8. The van der Waals surface area contributed by atoms with Gasteiger partial charge in [0, 0.05) is 18.3 Å². The van der Waals surface area contributed by atoms with E-state index in [1.165, 1.54) is 18.0 Å². The van der Waals surface area contributed by atoms with E-state index in [1.807, 2.05) is 31.2 Å². The molecule has 0 atom stereocenters. The largest absolute Gasteiger partial charge is 0.416 e. The first-order chi connectivity index (χ1) is 12.4. The normalized spacial score (nSPS) is 11.2. The number of nitrogens with one attached hydrogen (secondary N) is 2. The number of benzene rings is 2. The van der Waals surface area contributed by atoms with Gasteiger partial charge in [-0.1, -0.05) is 35.9 Å². The topological polar surface area (TPSA) is 49.8 Å². The van der Waals surface area contributed by atoms with Crippen LogP contribution in [0.4, 0.5) is 30.5 Å². The Morgan fingerprint density at radius 1 is 0.923 bits per heavy atom. The summed E-state index contributed by atoms with van der Waals surface area (Å²) in [6, 6.07) is 14.7. The molecule has 0 aliphatic heterocycles. The van der Waals surface area contributed by atoms with E-state index in [-0.39, 0.29) is 0 Å². The highest BCUT2D eigenvalue weighted by molar-refractivity contribution is 5.59. The molecule has 2 aromatic carbocycles.